The van der Waals surface area contributed by atoms with Crippen LogP contribution < -0.4 is 9.47 Å². The molecule has 59 heavy (non-hydrogen) atoms. The van der Waals surface area contributed by atoms with Gasteiger partial charge >= 0.3 is 37.7 Å². The van der Waals surface area contributed by atoms with Crippen LogP contribution in [-0.4, -0.2) is 63.7 Å². The molecule has 0 radical (unpaired) electrons. The summed E-state index contributed by atoms with van der Waals surface area (Å²) in [4.78, 5) is -0.330. The first-order valence-electron chi connectivity index (χ1n) is 21.6. The van der Waals surface area contributed by atoms with E-state index in [2.05, 4.69) is 13.8 Å². The maximum Gasteiger partial charge on any atom is 2.00 e. The Kier molecular flexibility index (Phi) is 27.3. The summed E-state index contributed by atoms with van der Waals surface area (Å²) in [5.74, 6) is 1.92. The van der Waals surface area contributed by atoms with Crippen molar-refractivity contribution in [2.75, 3.05) is 0 Å². The third-order valence-electron chi connectivity index (χ3n) is 10.2. The van der Waals surface area contributed by atoms with Crippen LogP contribution >= 0.6 is 0 Å². The standard InChI is InChI=1S/2C24H34O4S.Ca/c2*1-2-3-4-5-6-7-8-9-10-12-15-21-18-19-23(20-24(21)29(25,26)27)28-22-16-13-11-14-17-22;/h2*11,13-14,16-20H,2-10,12,15H2,1H3,(H,25,26,27);/q;;+2/p-2. The molecule has 0 bridgehead atoms. The fraction of sp³-hybridized carbons (Fsp3) is 0.500. The summed E-state index contributed by atoms with van der Waals surface area (Å²) in [6.45, 7) is 4.46. The SMILES string of the molecule is CCCCCCCCCCCCc1ccc(Oc2ccccc2)cc1S(=O)(=O)[O-].CCCCCCCCCCCCc1ccc(Oc2ccccc2)cc1S(=O)(=O)[O-].[Ca+2]. The van der Waals surface area contributed by atoms with E-state index in [0.717, 1.165) is 38.5 Å². The molecule has 0 saturated carbocycles. The summed E-state index contributed by atoms with van der Waals surface area (Å²) in [6, 6.07) is 27.8. The second-order valence-corrected chi connectivity index (χ2v) is 17.8. The van der Waals surface area contributed by atoms with Gasteiger partial charge in [-0.15, -0.1) is 0 Å². The molecule has 320 valence electrons. The summed E-state index contributed by atoms with van der Waals surface area (Å²) < 4.78 is 81.7. The van der Waals surface area contributed by atoms with Crippen LogP contribution in [0.25, 0.3) is 0 Å². The molecule has 0 spiro atoms. The average molecular weight is 875 g/mol. The van der Waals surface area contributed by atoms with Gasteiger partial charge in [-0.3, -0.25) is 0 Å². The first kappa shape index (κ1) is 52.7. The molecular weight excluding hydrogens is 809 g/mol. The van der Waals surface area contributed by atoms with Crippen molar-refractivity contribution in [1.82, 2.24) is 0 Å². The van der Waals surface area contributed by atoms with Crippen molar-refractivity contribution in [3.05, 3.63) is 108 Å². The minimum atomic E-state index is -4.54. The first-order chi connectivity index (χ1) is 28.0. The van der Waals surface area contributed by atoms with E-state index in [1.54, 1.807) is 48.5 Å². The van der Waals surface area contributed by atoms with Crippen molar-refractivity contribution in [3.63, 3.8) is 0 Å². The Bertz CT molecular complexity index is 1780. The fourth-order valence-electron chi connectivity index (χ4n) is 6.93. The van der Waals surface area contributed by atoms with Gasteiger partial charge < -0.3 is 18.6 Å². The van der Waals surface area contributed by atoms with Crippen LogP contribution in [0.15, 0.2) is 107 Å². The van der Waals surface area contributed by atoms with E-state index in [9.17, 15) is 25.9 Å². The summed E-state index contributed by atoms with van der Waals surface area (Å²) >= 11 is 0. The molecule has 11 heteroatoms. The Balaban J connectivity index is 0.000000400. The smallest absolute Gasteiger partial charge is 0.744 e. The second-order valence-electron chi connectivity index (χ2n) is 15.1. The van der Waals surface area contributed by atoms with Crippen molar-refractivity contribution in [1.29, 1.82) is 0 Å². The predicted octanol–water partition coefficient (Wildman–Crippen LogP) is 13.3. The third-order valence-corrected chi connectivity index (χ3v) is 12.0. The zero-order chi connectivity index (χ0) is 41.9. The van der Waals surface area contributed by atoms with Crippen LogP contribution in [0.4, 0.5) is 0 Å². The molecule has 4 rings (SSSR count). The van der Waals surface area contributed by atoms with E-state index in [0.29, 0.717) is 47.0 Å². The number of benzene rings is 4. The number of rotatable bonds is 28. The summed E-state index contributed by atoms with van der Waals surface area (Å²) in [7, 11) is -9.08. The number of ether oxygens (including phenoxy) is 2. The Morgan fingerprint density at radius 1 is 0.390 bits per heavy atom. The molecule has 0 aliphatic carbocycles. The molecule has 0 saturated heterocycles. The number of hydrogen-bond donors (Lipinski definition) is 0. The minimum absolute atomic E-state index is 0. The van der Waals surface area contributed by atoms with Crippen LogP contribution in [0.2, 0.25) is 0 Å². The van der Waals surface area contributed by atoms with E-state index in [1.165, 1.54) is 102 Å². The van der Waals surface area contributed by atoms with Gasteiger partial charge in [-0.2, -0.15) is 0 Å². The topological polar surface area (TPSA) is 133 Å². The Morgan fingerprint density at radius 2 is 0.678 bits per heavy atom. The zero-order valence-electron chi connectivity index (χ0n) is 35.6. The Morgan fingerprint density at radius 3 is 0.966 bits per heavy atom. The molecule has 0 aliphatic rings. The number of aryl methyl sites for hydroxylation is 2. The van der Waals surface area contributed by atoms with Gasteiger partial charge in [0.2, 0.25) is 0 Å². The third kappa shape index (κ3) is 22.8. The largest absolute Gasteiger partial charge is 2.00 e. The molecule has 0 fully saturated rings. The summed E-state index contributed by atoms with van der Waals surface area (Å²) in [6.07, 6.45) is 25.5. The van der Waals surface area contributed by atoms with Crippen LogP contribution in [0.5, 0.6) is 23.0 Å². The van der Waals surface area contributed by atoms with Crippen LogP contribution in [-0.2, 0) is 33.1 Å². The van der Waals surface area contributed by atoms with Gasteiger partial charge in [-0.25, -0.2) is 16.8 Å². The van der Waals surface area contributed by atoms with Gasteiger partial charge in [0, 0.05) is 0 Å². The van der Waals surface area contributed by atoms with E-state index < -0.39 is 20.2 Å². The molecule has 4 aromatic rings. The molecule has 0 amide bonds. The Hall–Kier alpha value is -2.44. The molecule has 0 unspecified atom stereocenters. The van der Waals surface area contributed by atoms with Gasteiger partial charge in [0.25, 0.3) is 0 Å². The monoisotopic (exact) mass is 874 g/mol. The normalized spacial score (nSPS) is 11.3. The van der Waals surface area contributed by atoms with Crippen molar-refractivity contribution in [2.45, 2.75) is 165 Å². The molecule has 0 aromatic heterocycles. The molecule has 0 aliphatic heterocycles. The van der Waals surface area contributed by atoms with Gasteiger partial charge in [0.15, 0.2) is 0 Å². The number of para-hydroxylation sites is 2. The van der Waals surface area contributed by atoms with E-state index in [-0.39, 0.29) is 47.5 Å². The van der Waals surface area contributed by atoms with E-state index >= 15 is 0 Å². The van der Waals surface area contributed by atoms with Gasteiger partial charge in [0.1, 0.15) is 43.2 Å². The summed E-state index contributed by atoms with van der Waals surface area (Å²) in [5.41, 5.74) is 1.17. The van der Waals surface area contributed by atoms with Gasteiger partial charge in [0.05, 0.1) is 9.79 Å². The fourth-order valence-corrected chi connectivity index (χ4v) is 8.43. The second kappa shape index (κ2) is 30.6. The molecule has 0 N–H and O–H groups in total. The van der Waals surface area contributed by atoms with Crippen molar-refractivity contribution < 1.29 is 35.4 Å². The zero-order valence-corrected chi connectivity index (χ0v) is 39.4. The van der Waals surface area contributed by atoms with Gasteiger partial charge in [-0.1, -0.05) is 178 Å². The van der Waals surface area contributed by atoms with E-state index in [1.807, 2.05) is 36.4 Å². The van der Waals surface area contributed by atoms with E-state index in [4.69, 9.17) is 9.47 Å². The van der Waals surface area contributed by atoms with Crippen molar-refractivity contribution >= 4 is 58.0 Å². The Labute approximate surface area is 386 Å². The van der Waals surface area contributed by atoms with Gasteiger partial charge in [-0.05, 0) is 85.3 Å². The first-order valence-corrected chi connectivity index (χ1v) is 24.5. The van der Waals surface area contributed by atoms with Crippen LogP contribution in [0.3, 0.4) is 0 Å². The quantitative estimate of drug-likeness (QED) is 0.0313. The molecule has 0 heterocycles. The van der Waals surface area contributed by atoms with Crippen molar-refractivity contribution in [3.8, 4) is 23.0 Å². The molecule has 0 atom stereocenters. The maximum absolute atomic E-state index is 11.7. The number of unbranched alkanes of at least 4 members (excludes halogenated alkanes) is 18. The van der Waals surface area contributed by atoms with Crippen LogP contribution in [0, 0.1) is 0 Å². The molecular formula is C48H66CaO8S2. The van der Waals surface area contributed by atoms with Crippen molar-refractivity contribution in [2.24, 2.45) is 0 Å². The maximum atomic E-state index is 11.7. The molecule has 4 aromatic carbocycles. The predicted molar refractivity (Wildman–Crippen MR) is 239 cm³/mol. The minimum Gasteiger partial charge on any atom is -0.744 e. The summed E-state index contributed by atoms with van der Waals surface area (Å²) in [5, 5.41) is 0. The number of hydrogen-bond acceptors (Lipinski definition) is 8. The molecule has 8 nitrogen and oxygen atoms in total. The average Bonchev–Trinajstić information content (AvgIpc) is 3.20. The van der Waals surface area contributed by atoms with Crippen LogP contribution in [0.1, 0.15) is 153 Å².